The lowest BCUT2D eigenvalue weighted by atomic mass is 9.97. The molecular weight excluding hydrogens is 248 g/mol. The molecular formula is C18H32O2. The summed E-state index contributed by atoms with van der Waals surface area (Å²) in [6.45, 7) is 8.80. The van der Waals surface area contributed by atoms with Gasteiger partial charge in [-0.3, -0.25) is 0 Å². The summed E-state index contributed by atoms with van der Waals surface area (Å²) in [5.41, 5.74) is 0.945. The number of methoxy groups -OCH3 is 1. The van der Waals surface area contributed by atoms with Crippen molar-refractivity contribution >= 4 is 5.97 Å². The van der Waals surface area contributed by atoms with Gasteiger partial charge in [-0.2, -0.15) is 0 Å². The number of unbranched alkanes of at least 4 members (excludes halogenated alkanes) is 2. The van der Waals surface area contributed by atoms with Crippen molar-refractivity contribution in [2.45, 2.75) is 66.2 Å². The van der Waals surface area contributed by atoms with Gasteiger partial charge in [-0.25, -0.2) is 4.79 Å². The van der Waals surface area contributed by atoms with Crippen molar-refractivity contribution in [3.63, 3.8) is 0 Å². The van der Waals surface area contributed by atoms with E-state index in [0.29, 0.717) is 0 Å². The number of allylic oxidation sites excluding steroid dienone is 3. The fourth-order valence-electron chi connectivity index (χ4n) is 2.12. The lowest BCUT2D eigenvalue weighted by molar-refractivity contribution is -0.134. The first-order valence-electron chi connectivity index (χ1n) is 7.88. The molecule has 0 rings (SSSR count). The molecule has 0 aliphatic carbocycles. The largest absolute Gasteiger partial charge is 0.466 e. The van der Waals surface area contributed by atoms with Crippen LogP contribution in [0.4, 0.5) is 0 Å². The molecule has 0 N–H and O–H groups in total. The van der Waals surface area contributed by atoms with E-state index in [1.807, 2.05) is 13.0 Å². The van der Waals surface area contributed by atoms with Crippen LogP contribution in [0.5, 0.6) is 0 Å². The molecule has 0 radical (unpaired) electrons. The fourth-order valence-corrected chi connectivity index (χ4v) is 2.12. The van der Waals surface area contributed by atoms with Gasteiger partial charge in [0.25, 0.3) is 0 Å². The number of ether oxygens (including phenoxy) is 1. The standard InChI is InChI=1S/C18H32O2/c1-15(2)10-7-6-8-11-16(3)12-9-13-17(4)14-18(19)20-5/h9,13-16H,6-8,10-12H2,1-5H3/b13-9+,17-14+. The van der Waals surface area contributed by atoms with Gasteiger partial charge in [-0.05, 0) is 30.8 Å². The molecule has 1 atom stereocenters. The lowest BCUT2D eigenvalue weighted by Crippen LogP contribution is -1.95. The van der Waals surface area contributed by atoms with Gasteiger partial charge < -0.3 is 4.74 Å². The normalized spacial score (nSPS) is 14.0. The van der Waals surface area contributed by atoms with E-state index in [2.05, 4.69) is 31.6 Å². The predicted molar refractivity (Wildman–Crippen MR) is 86.6 cm³/mol. The Morgan fingerprint density at radius 1 is 1.10 bits per heavy atom. The molecule has 20 heavy (non-hydrogen) atoms. The average Bonchev–Trinajstić information content (AvgIpc) is 2.37. The molecule has 0 saturated heterocycles. The topological polar surface area (TPSA) is 26.3 Å². The van der Waals surface area contributed by atoms with Gasteiger partial charge in [0.15, 0.2) is 0 Å². The highest BCUT2D eigenvalue weighted by molar-refractivity contribution is 5.83. The van der Waals surface area contributed by atoms with Crippen LogP contribution in [-0.4, -0.2) is 13.1 Å². The van der Waals surface area contributed by atoms with Crippen molar-refractivity contribution in [2.24, 2.45) is 11.8 Å². The average molecular weight is 280 g/mol. The Balaban J connectivity index is 3.74. The second-order valence-corrected chi connectivity index (χ2v) is 6.19. The quantitative estimate of drug-likeness (QED) is 0.235. The van der Waals surface area contributed by atoms with Crippen molar-refractivity contribution in [3.05, 3.63) is 23.8 Å². The molecule has 1 unspecified atom stereocenters. The SMILES string of the molecule is COC(=O)/C=C(C)/C=C/CC(C)CCCCCC(C)C. The minimum absolute atomic E-state index is 0.287. The second kappa shape index (κ2) is 11.7. The zero-order chi connectivity index (χ0) is 15.4. The summed E-state index contributed by atoms with van der Waals surface area (Å²) < 4.78 is 4.59. The summed E-state index contributed by atoms with van der Waals surface area (Å²) in [5, 5.41) is 0. The molecule has 0 aliphatic heterocycles. The monoisotopic (exact) mass is 280 g/mol. The summed E-state index contributed by atoms with van der Waals surface area (Å²) in [7, 11) is 1.40. The smallest absolute Gasteiger partial charge is 0.330 e. The summed E-state index contributed by atoms with van der Waals surface area (Å²) in [4.78, 5) is 11.0. The van der Waals surface area contributed by atoms with Gasteiger partial charge in [0.1, 0.15) is 0 Å². The molecule has 0 aromatic heterocycles. The predicted octanol–water partition coefficient (Wildman–Crippen LogP) is 5.29. The van der Waals surface area contributed by atoms with E-state index in [9.17, 15) is 4.79 Å². The Kier molecular flexibility index (Phi) is 11.1. The van der Waals surface area contributed by atoms with Crippen LogP contribution >= 0.6 is 0 Å². The summed E-state index contributed by atoms with van der Waals surface area (Å²) in [6.07, 6.45) is 13.5. The third-order valence-corrected chi connectivity index (χ3v) is 3.44. The van der Waals surface area contributed by atoms with Crippen molar-refractivity contribution < 1.29 is 9.53 Å². The second-order valence-electron chi connectivity index (χ2n) is 6.19. The first-order chi connectivity index (χ1) is 9.45. The third-order valence-electron chi connectivity index (χ3n) is 3.44. The molecule has 0 amide bonds. The summed E-state index contributed by atoms with van der Waals surface area (Å²) in [5.74, 6) is 1.27. The number of hydrogen-bond acceptors (Lipinski definition) is 2. The fraction of sp³-hybridized carbons (Fsp3) is 0.722. The zero-order valence-electron chi connectivity index (χ0n) is 13.9. The molecule has 0 aliphatic rings. The van der Waals surface area contributed by atoms with Gasteiger partial charge in [0.05, 0.1) is 7.11 Å². The minimum atomic E-state index is -0.287. The highest BCUT2D eigenvalue weighted by Crippen LogP contribution is 2.16. The van der Waals surface area contributed by atoms with Crippen molar-refractivity contribution in [1.29, 1.82) is 0 Å². The van der Waals surface area contributed by atoms with Gasteiger partial charge in [0, 0.05) is 6.08 Å². The first kappa shape index (κ1) is 18.9. The van der Waals surface area contributed by atoms with E-state index in [4.69, 9.17) is 0 Å². The third kappa shape index (κ3) is 12.0. The number of carbonyl (C=O) groups is 1. The van der Waals surface area contributed by atoms with Gasteiger partial charge >= 0.3 is 5.97 Å². The molecule has 2 nitrogen and oxygen atoms in total. The highest BCUT2D eigenvalue weighted by Gasteiger charge is 2.00. The molecule has 0 bridgehead atoms. The number of esters is 1. The first-order valence-corrected chi connectivity index (χ1v) is 7.88. The molecule has 0 aromatic rings. The molecule has 116 valence electrons. The van der Waals surface area contributed by atoms with Crippen LogP contribution in [-0.2, 0) is 9.53 Å². The van der Waals surface area contributed by atoms with E-state index in [-0.39, 0.29) is 5.97 Å². The van der Waals surface area contributed by atoms with E-state index in [1.54, 1.807) is 0 Å². The molecule has 0 heterocycles. The number of carbonyl (C=O) groups excluding carboxylic acids is 1. The highest BCUT2D eigenvalue weighted by atomic mass is 16.5. The van der Waals surface area contributed by atoms with E-state index >= 15 is 0 Å². The van der Waals surface area contributed by atoms with Crippen molar-refractivity contribution in [1.82, 2.24) is 0 Å². The van der Waals surface area contributed by atoms with Gasteiger partial charge in [0.2, 0.25) is 0 Å². The summed E-state index contributed by atoms with van der Waals surface area (Å²) in [6, 6.07) is 0. The van der Waals surface area contributed by atoms with Crippen LogP contribution in [0.1, 0.15) is 66.2 Å². The minimum Gasteiger partial charge on any atom is -0.466 e. The zero-order valence-corrected chi connectivity index (χ0v) is 13.9. The van der Waals surface area contributed by atoms with Crippen molar-refractivity contribution in [2.75, 3.05) is 7.11 Å². The Hall–Kier alpha value is -1.05. The lowest BCUT2D eigenvalue weighted by Gasteiger charge is -2.09. The molecule has 0 fully saturated rings. The van der Waals surface area contributed by atoms with Crippen LogP contribution in [0.3, 0.4) is 0 Å². The molecule has 0 spiro atoms. The van der Waals surface area contributed by atoms with E-state index in [0.717, 1.165) is 23.8 Å². The maximum absolute atomic E-state index is 11.0. The Morgan fingerprint density at radius 2 is 1.75 bits per heavy atom. The molecule has 0 aromatic carbocycles. The summed E-state index contributed by atoms with van der Waals surface area (Å²) >= 11 is 0. The Bertz CT molecular complexity index is 313. The van der Waals surface area contributed by atoms with E-state index in [1.165, 1.54) is 45.3 Å². The van der Waals surface area contributed by atoms with Crippen LogP contribution in [0.2, 0.25) is 0 Å². The van der Waals surface area contributed by atoms with Crippen molar-refractivity contribution in [3.8, 4) is 0 Å². The maximum Gasteiger partial charge on any atom is 0.330 e. The van der Waals surface area contributed by atoms with E-state index < -0.39 is 0 Å². The van der Waals surface area contributed by atoms with Crippen LogP contribution in [0.25, 0.3) is 0 Å². The Labute approximate surface area is 125 Å². The van der Waals surface area contributed by atoms with Gasteiger partial charge in [-0.15, -0.1) is 0 Å². The maximum atomic E-state index is 11.0. The molecule has 2 heteroatoms. The van der Waals surface area contributed by atoms with Crippen LogP contribution < -0.4 is 0 Å². The Morgan fingerprint density at radius 3 is 2.35 bits per heavy atom. The van der Waals surface area contributed by atoms with Crippen LogP contribution in [0.15, 0.2) is 23.8 Å². The van der Waals surface area contributed by atoms with Crippen LogP contribution in [0, 0.1) is 11.8 Å². The molecule has 0 saturated carbocycles. The number of rotatable bonds is 10. The number of hydrogen-bond donors (Lipinski definition) is 0. The van der Waals surface area contributed by atoms with Gasteiger partial charge in [-0.1, -0.05) is 65.0 Å².